The minimum Gasteiger partial charge on any atom is -0.361 e. The minimum atomic E-state index is -0.710. The van der Waals surface area contributed by atoms with Crippen LogP contribution in [0.3, 0.4) is 0 Å². The molecule has 3 N–H and O–H groups in total. The van der Waals surface area contributed by atoms with E-state index >= 15 is 0 Å². The van der Waals surface area contributed by atoms with Crippen LogP contribution in [0, 0.1) is 11.6 Å². The molecule has 2 aromatic heterocycles. The monoisotopic (exact) mass is 378 g/mol. The topological polar surface area (TPSA) is 69.8 Å². The van der Waals surface area contributed by atoms with Gasteiger partial charge in [0.15, 0.2) is 0 Å². The molecule has 0 unspecified atom stereocenters. The summed E-state index contributed by atoms with van der Waals surface area (Å²) in [4.78, 5) is 19.5. The molecule has 5 nitrogen and oxygen atoms in total. The van der Waals surface area contributed by atoms with E-state index in [9.17, 15) is 13.6 Å². The average Bonchev–Trinajstić information content (AvgIpc) is 3.09. The molecular formula is C21H16F2N4O. The summed E-state index contributed by atoms with van der Waals surface area (Å²) in [6.45, 7) is 0. The number of rotatable bonds is 5. The van der Waals surface area contributed by atoms with Gasteiger partial charge in [0.2, 0.25) is 5.91 Å². The summed E-state index contributed by atoms with van der Waals surface area (Å²) < 4.78 is 27.4. The van der Waals surface area contributed by atoms with E-state index in [-0.39, 0.29) is 23.8 Å². The summed E-state index contributed by atoms with van der Waals surface area (Å²) >= 11 is 0. The SMILES string of the molecule is O=C(Cc1c[nH]c2ccccc12)Nc1ccc(Nc2c(F)cccc2F)nc1. The first-order valence-corrected chi connectivity index (χ1v) is 8.62. The van der Waals surface area contributed by atoms with Gasteiger partial charge in [-0.15, -0.1) is 0 Å². The predicted molar refractivity (Wildman–Crippen MR) is 105 cm³/mol. The first-order chi connectivity index (χ1) is 13.6. The second kappa shape index (κ2) is 7.48. The summed E-state index contributed by atoms with van der Waals surface area (Å²) in [5, 5.41) is 6.37. The summed E-state index contributed by atoms with van der Waals surface area (Å²) in [6, 6.07) is 14.5. The van der Waals surface area contributed by atoms with Gasteiger partial charge in [-0.25, -0.2) is 13.8 Å². The molecule has 140 valence electrons. The molecule has 28 heavy (non-hydrogen) atoms. The number of carbonyl (C=O) groups is 1. The third-order valence-electron chi connectivity index (χ3n) is 4.29. The van der Waals surface area contributed by atoms with Crippen LogP contribution < -0.4 is 10.6 Å². The first kappa shape index (κ1) is 17.7. The molecule has 0 saturated carbocycles. The van der Waals surface area contributed by atoms with Gasteiger partial charge < -0.3 is 15.6 Å². The van der Waals surface area contributed by atoms with Gasteiger partial charge in [-0.1, -0.05) is 24.3 Å². The number of para-hydroxylation sites is 2. The highest BCUT2D eigenvalue weighted by atomic mass is 19.1. The maximum absolute atomic E-state index is 13.7. The number of fused-ring (bicyclic) bond motifs is 1. The Hall–Kier alpha value is -3.74. The Bertz CT molecular complexity index is 1120. The van der Waals surface area contributed by atoms with Crippen LogP contribution in [0.4, 0.5) is 26.0 Å². The van der Waals surface area contributed by atoms with Crippen LogP contribution >= 0.6 is 0 Å². The van der Waals surface area contributed by atoms with E-state index in [1.54, 1.807) is 6.07 Å². The number of halogens is 2. The molecule has 4 aromatic rings. The number of nitrogens with zero attached hydrogens (tertiary/aromatic N) is 1. The summed E-state index contributed by atoms with van der Waals surface area (Å²) in [6.07, 6.45) is 3.46. The van der Waals surface area contributed by atoms with E-state index in [1.165, 1.54) is 18.3 Å². The zero-order valence-corrected chi connectivity index (χ0v) is 14.7. The normalized spacial score (nSPS) is 10.8. The number of benzene rings is 2. The van der Waals surface area contributed by atoms with E-state index in [0.29, 0.717) is 5.69 Å². The molecule has 0 fully saturated rings. The Morgan fingerprint density at radius 1 is 1.00 bits per heavy atom. The summed E-state index contributed by atoms with van der Waals surface area (Å²) in [5.41, 5.74) is 2.09. The first-order valence-electron chi connectivity index (χ1n) is 8.62. The number of anilines is 3. The van der Waals surface area contributed by atoms with Crippen molar-refractivity contribution < 1.29 is 13.6 Å². The fourth-order valence-corrected chi connectivity index (χ4v) is 2.94. The third-order valence-corrected chi connectivity index (χ3v) is 4.29. The van der Waals surface area contributed by atoms with Crippen LogP contribution in [-0.4, -0.2) is 15.9 Å². The van der Waals surface area contributed by atoms with E-state index in [0.717, 1.165) is 28.6 Å². The lowest BCUT2D eigenvalue weighted by molar-refractivity contribution is -0.115. The van der Waals surface area contributed by atoms with Crippen molar-refractivity contribution in [2.24, 2.45) is 0 Å². The van der Waals surface area contributed by atoms with E-state index in [2.05, 4.69) is 20.6 Å². The van der Waals surface area contributed by atoms with Gasteiger partial charge >= 0.3 is 0 Å². The number of hydrogen-bond donors (Lipinski definition) is 3. The number of aromatic nitrogens is 2. The maximum atomic E-state index is 13.7. The highest BCUT2D eigenvalue weighted by Gasteiger charge is 2.11. The standard InChI is InChI=1S/C21H16F2N4O/c22-16-5-3-6-17(23)21(16)27-19-9-8-14(12-25-19)26-20(28)10-13-11-24-18-7-2-1-4-15(13)18/h1-9,11-12,24H,10H2,(H,25,27)(H,26,28). The van der Waals surface area contributed by atoms with Gasteiger partial charge in [-0.3, -0.25) is 4.79 Å². The molecule has 0 radical (unpaired) electrons. The second-order valence-corrected chi connectivity index (χ2v) is 6.24. The lowest BCUT2D eigenvalue weighted by Gasteiger charge is -2.09. The molecule has 2 aromatic carbocycles. The van der Waals surface area contributed by atoms with Gasteiger partial charge in [-0.2, -0.15) is 0 Å². The molecule has 0 aliphatic rings. The average molecular weight is 378 g/mol. The fourth-order valence-electron chi connectivity index (χ4n) is 2.94. The number of amides is 1. The van der Waals surface area contributed by atoms with Crippen LogP contribution in [-0.2, 0) is 11.2 Å². The van der Waals surface area contributed by atoms with Crippen molar-refractivity contribution in [3.05, 3.63) is 84.2 Å². The van der Waals surface area contributed by atoms with Crippen molar-refractivity contribution >= 4 is 34.0 Å². The minimum absolute atomic E-state index is 0.188. The number of aromatic amines is 1. The van der Waals surface area contributed by atoms with Gasteiger partial charge in [-0.05, 0) is 35.9 Å². The van der Waals surface area contributed by atoms with Crippen molar-refractivity contribution in [1.82, 2.24) is 9.97 Å². The van der Waals surface area contributed by atoms with Crippen LogP contribution in [0.2, 0.25) is 0 Å². The Kier molecular flexibility index (Phi) is 4.72. The summed E-state index contributed by atoms with van der Waals surface area (Å²) in [5.74, 6) is -1.35. The van der Waals surface area contributed by atoms with Crippen molar-refractivity contribution in [3.63, 3.8) is 0 Å². The van der Waals surface area contributed by atoms with E-state index in [4.69, 9.17) is 0 Å². The number of carbonyl (C=O) groups excluding carboxylic acids is 1. The van der Waals surface area contributed by atoms with Crippen LogP contribution in [0.1, 0.15) is 5.56 Å². The van der Waals surface area contributed by atoms with E-state index in [1.807, 2.05) is 30.5 Å². The van der Waals surface area contributed by atoms with Crippen molar-refractivity contribution in [3.8, 4) is 0 Å². The van der Waals surface area contributed by atoms with Gasteiger partial charge in [0.05, 0.1) is 18.3 Å². The van der Waals surface area contributed by atoms with Gasteiger partial charge in [0.1, 0.15) is 23.1 Å². The fraction of sp³-hybridized carbons (Fsp3) is 0.0476. The van der Waals surface area contributed by atoms with Crippen molar-refractivity contribution in [1.29, 1.82) is 0 Å². The Morgan fingerprint density at radius 3 is 2.54 bits per heavy atom. The second-order valence-electron chi connectivity index (χ2n) is 6.24. The Labute approximate surface area is 159 Å². The summed E-state index contributed by atoms with van der Waals surface area (Å²) in [7, 11) is 0. The van der Waals surface area contributed by atoms with Gasteiger partial charge in [0, 0.05) is 17.1 Å². The molecule has 0 saturated heterocycles. The highest BCUT2D eigenvalue weighted by molar-refractivity contribution is 5.95. The maximum Gasteiger partial charge on any atom is 0.228 e. The highest BCUT2D eigenvalue weighted by Crippen LogP contribution is 2.23. The molecule has 7 heteroatoms. The largest absolute Gasteiger partial charge is 0.361 e. The molecule has 2 heterocycles. The molecule has 1 amide bonds. The number of pyridine rings is 1. The van der Waals surface area contributed by atoms with Crippen LogP contribution in [0.5, 0.6) is 0 Å². The van der Waals surface area contributed by atoms with Crippen molar-refractivity contribution in [2.45, 2.75) is 6.42 Å². The van der Waals surface area contributed by atoms with Gasteiger partial charge in [0.25, 0.3) is 0 Å². The molecule has 4 rings (SSSR count). The smallest absolute Gasteiger partial charge is 0.228 e. The Balaban J connectivity index is 1.42. The lowest BCUT2D eigenvalue weighted by Crippen LogP contribution is -2.14. The molecule has 0 atom stereocenters. The molecule has 0 aliphatic heterocycles. The zero-order valence-electron chi connectivity index (χ0n) is 14.7. The van der Waals surface area contributed by atoms with Crippen molar-refractivity contribution in [2.75, 3.05) is 10.6 Å². The van der Waals surface area contributed by atoms with Crippen LogP contribution in [0.25, 0.3) is 10.9 Å². The quantitative estimate of drug-likeness (QED) is 0.469. The number of nitrogens with one attached hydrogen (secondary N) is 3. The Morgan fingerprint density at radius 2 is 1.79 bits per heavy atom. The molecule has 0 aliphatic carbocycles. The third kappa shape index (κ3) is 3.68. The zero-order chi connectivity index (χ0) is 19.5. The molecule has 0 spiro atoms. The molecule has 0 bridgehead atoms. The molecular weight excluding hydrogens is 362 g/mol. The van der Waals surface area contributed by atoms with E-state index < -0.39 is 11.6 Å². The van der Waals surface area contributed by atoms with Crippen LogP contribution in [0.15, 0.2) is 67.0 Å². The number of H-pyrrole nitrogens is 1. The number of hydrogen-bond acceptors (Lipinski definition) is 3. The lowest BCUT2D eigenvalue weighted by atomic mass is 10.1. The predicted octanol–water partition coefficient (Wildman–Crippen LogP) is 4.77.